The van der Waals surface area contributed by atoms with Gasteiger partial charge in [0.15, 0.2) is 0 Å². The zero-order valence-corrected chi connectivity index (χ0v) is 11.5. The zero-order chi connectivity index (χ0) is 13.7. The van der Waals surface area contributed by atoms with Crippen molar-refractivity contribution >= 4 is 11.8 Å². The van der Waals surface area contributed by atoms with E-state index in [1.807, 2.05) is 4.90 Å². The highest BCUT2D eigenvalue weighted by molar-refractivity contribution is 5.83. The third kappa shape index (κ3) is 3.91. The number of nitrogens with one attached hydrogen (secondary N) is 2. The number of nitrogens with zero attached hydrogens (tertiary/aromatic N) is 1. The predicted octanol–water partition coefficient (Wildman–Crippen LogP) is -0.508. The van der Waals surface area contributed by atoms with E-state index in [4.69, 9.17) is 4.74 Å². The zero-order valence-electron chi connectivity index (χ0n) is 11.5. The molecule has 2 aliphatic heterocycles. The van der Waals surface area contributed by atoms with E-state index in [9.17, 15) is 9.59 Å². The lowest BCUT2D eigenvalue weighted by Crippen LogP contribution is -2.41. The van der Waals surface area contributed by atoms with Crippen molar-refractivity contribution in [2.75, 3.05) is 33.3 Å². The maximum absolute atomic E-state index is 11.9. The number of carbonyl (C=O) groups excluding carboxylic acids is 2. The van der Waals surface area contributed by atoms with Crippen molar-refractivity contribution in [2.45, 2.75) is 37.8 Å². The van der Waals surface area contributed by atoms with Crippen LogP contribution in [0.5, 0.6) is 0 Å². The van der Waals surface area contributed by atoms with Gasteiger partial charge in [-0.15, -0.1) is 0 Å². The molecule has 6 heteroatoms. The highest BCUT2D eigenvalue weighted by Gasteiger charge is 2.29. The Labute approximate surface area is 113 Å². The van der Waals surface area contributed by atoms with Crippen LogP contribution in [0.4, 0.5) is 0 Å². The molecule has 0 aliphatic carbocycles. The van der Waals surface area contributed by atoms with Gasteiger partial charge in [-0.2, -0.15) is 0 Å². The maximum atomic E-state index is 11.9. The minimum Gasteiger partial charge on any atom is -0.380 e. The molecule has 2 atom stereocenters. The van der Waals surface area contributed by atoms with Gasteiger partial charge in [0.2, 0.25) is 11.8 Å². The van der Waals surface area contributed by atoms with E-state index in [-0.39, 0.29) is 24.0 Å². The Morgan fingerprint density at radius 2 is 2.11 bits per heavy atom. The van der Waals surface area contributed by atoms with E-state index >= 15 is 0 Å². The lowest BCUT2D eigenvalue weighted by Gasteiger charge is -2.16. The van der Waals surface area contributed by atoms with Gasteiger partial charge in [-0.05, 0) is 19.3 Å². The standard InChI is InChI=1S/C13H23N3O3/c1-19-10-8-11(15-9-10)13(18)14-5-4-12(17)16-6-2-3-7-16/h10-11,15H,2-9H2,1H3,(H,14,18). The summed E-state index contributed by atoms with van der Waals surface area (Å²) in [4.78, 5) is 25.5. The fourth-order valence-electron chi connectivity index (χ4n) is 2.62. The quantitative estimate of drug-likeness (QED) is 0.705. The van der Waals surface area contributed by atoms with Crippen LogP contribution in [-0.2, 0) is 14.3 Å². The first kappa shape index (κ1) is 14.3. The van der Waals surface area contributed by atoms with Crippen molar-refractivity contribution in [1.29, 1.82) is 0 Å². The number of ether oxygens (including phenoxy) is 1. The molecule has 2 N–H and O–H groups in total. The van der Waals surface area contributed by atoms with Crippen LogP contribution >= 0.6 is 0 Å². The lowest BCUT2D eigenvalue weighted by atomic mass is 10.2. The normalized spacial score (nSPS) is 26.7. The second kappa shape index (κ2) is 6.86. The van der Waals surface area contributed by atoms with Gasteiger partial charge in [-0.25, -0.2) is 0 Å². The molecular formula is C13H23N3O3. The van der Waals surface area contributed by atoms with Crippen LogP contribution in [0.1, 0.15) is 25.7 Å². The smallest absolute Gasteiger partial charge is 0.237 e. The fourth-order valence-corrected chi connectivity index (χ4v) is 2.62. The van der Waals surface area contributed by atoms with E-state index < -0.39 is 0 Å². The molecule has 2 heterocycles. The minimum atomic E-state index is -0.188. The molecule has 2 amide bonds. The predicted molar refractivity (Wildman–Crippen MR) is 70.6 cm³/mol. The molecular weight excluding hydrogens is 246 g/mol. The molecule has 19 heavy (non-hydrogen) atoms. The molecule has 2 rings (SSSR count). The van der Waals surface area contributed by atoms with Crippen LogP contribution in [0.3, 0.4) is 0 Å². The van der Waals surface area contributed by atoms with Crippen molar-refractivity contribution in [2.24, 2.45) is 0 Å². The van der Waals surface area contributed by atoms with E-state index in [1.54, 1.807) is 7.11 Å². The Balaban J connectivity index is 1.62. The van der Waals surface area contributed by atoms with E-state index in [1.165, 1.54) is 0 Å². The van der Waals surface area contributed by atoms with Crippen LogP contribution in [0, 0.1) is 0 Å². The van der Waals surface area contributed by atoms with Gasteiger partial charge in [0.25, 0.3) is 0 Å². The second-order valence-electron chi connectivity index (χ2n) is 5.18. The van der Waals surface area contributed by atoms with Crippen LogP contribution in [-0.4, -0.2) is 62.1 Å². The Morgan fingerprint density at radius 1 is 1.37 bits per heavy atom. The molecule has 0 spiro atoms. The van der Waals surface area contributed by atoms with E-state index in [2.05, 4.69) is 10.6 Å². The summed E-state index contributed by atoms with van der Waals surface area (Å²) in [7, 11) is 1.65. The average Bonchev–Trinajstić information content (AvgIpc) is 3.09. The summed E-state index contributed by atoms with van der Waals surface area (Å²) in [6.07, 6.45) is 3.40. The number of hydrogen-bond acceptors (Lipinski definition) is 4. The largest absolute Gasteiger partial charge is 0.380 e. The third-order valence-corrected chi connectivity index (χ3v) is 3.84. The third-order valence-electron chi connectivity index (χ3n) is 3.84. The highest BCUT2D eigenvalue weighted by atomic mass is 16.5. The second-order valence-corrected chi connectivity index (χ2v) is 5.18. The monoisotopic (exact) mass is 269 g/mol. The average molecular weight is 269 g/mol. The summed E-state index contributed by atoms with van der Waals surface area (Å²) in [5.74, 6) is 0.112. The minimum absolute atomic E-state index is 0.0335. The number of amides is 2. The van der Waals surface area contributed by atoms with Crippen molar-refractivity contribution < 1.29 is 14.3 Å². The molecule has 2 aliphatic rings. The molecule has 108 valence electrons. The number of carbonyl (C=O) groups is 2. The lowest BCUT2D eigenvalue weighted by molar-refractivity contribution is -0.130. The highest BCUT2D eigenvalue weighted by Crippen LogP contribution is 2.10. The summed E-state index contributed by atoms with van der Waals surface area (Å²) in [5, 5.41) is 5.94. The number of likely N-dealkylation sites (tertiary alicyclic amines) is 1. The van der Waals surface area contributed by atoms with E-state index in [0.717, 1.165) is 25.9 Å². The van der Waals surface area contributed by atoms with Crippen molar-refractivity contribution in [3.05, 3.63) is 0 Å². The molecule has 2 saturated heterocycles. The summed E-state index contributed by atoms with van der Waals surface area (Å²) in [6.45, 7) is 2.87. The SMILES string of the molecule is COC1CNC(C(=O)NCCC(=O)N2CCCC2)C1. The number of hydrogen-bond donors (Lipinski definition) is 2. The molecule has 0 bridgehead atoms. The Morgan fingerprint density at radius 3 is 2.74 bits per heavy atom. The Kier molecular flexibility index (Phi) is 5.15. The topological polar surface area (TPSA) is 70.7 Å². The molecule has 0 aromatic heterocycles. The summed E-state index contributed by atoms with van der Waals surface area (Å²) >= 11 is 0. The van der Waals surface area contributed by atoms with Crippen molar-refractivity contribution in [3.8, 4) is 0 Å². The van der Waals surface area contributed by atoms with Gasteiger partial charge in [-0.1, -0.05) is 0 Å². The van der Waals surface area contributed by atoms with Gasteiger partial charge >= 0.3 is 0 Å². The molecule has 0 aromatic rings. The molecule has 2 unspecified atom stereocenters. The summed E-state index contributed by atoms with van der Waals surface area (Å²) in [6, 6.07) is -0.188. The Bertz CT molecular complexity index is 329. The maximum Gasteiger partial charge on any atom is 0.237 e. The van der Waals surface area contributed by atoms with Gasteiger partial charge in [0.1, 0.15) is 0 Å². The van der Waals surface area contributed by atoms with Gasteiger partial charge in [-0.3, -0.25) is 9.59 Å². The van der Waals surface area contributed by atoms with E-state index in [0.29, 0.717) is 25.9 Å². The molecule has 0 saturated carbocycles. The molecule has 0 aromatic carbocycles. The van der Waals surface area contributed by atoms with Crippen LogP contribution in [0.25, 0.3) is 0 Å². The van der Waals surface area contributed by atoms with Crippen molar-refractivity contribution in [1.82, 2.24) is 15.5 Å². The van der Waals surface area contributed by atoms with Gasteiger partial charge in [0.05, 0.1) is 12.1 Å². The first-order valence-electron chi connectivity index (χ1n) is 7.02. The van der Waals surface area contributed by atoms with Crippen molar-refractivity contribution in [3.63, 3.8) is 0 Å². The molecule has 2 fully saturated rings. The summed E-state index contributed by atoms with van der Waals surface area (Å²) in [5.41, 5.74) is 0. The Hall–Kier alpha value is -1.14. The first-order valence-corrected chi connectivity index (χ1v) is 7.02. The molecule has 6 nitrogen and oxygen atoms in total. The number of rotatable bonds is 5. The fraction of sp³-hybridized carbons (Fsp3) is 0.846. The van der Waals surface area contributed by atoms with Gasteiger partial charge < -0.3 is 20.3 Å². The van der Waals surface area contributed by atoms with Crippen LogP contribution in [0.2, 0.25) is 0 Å². The summed E-state index contributed by atoms with van der Waals surface area (Å²) < 4.78 is 5.20. The van der Waals surface area contributed by atoms with Gasteiger partial charge in [0, 0.05) is 39.7 Å². The number of methoxy groups -OCH3 is 1. The molecule has 0 radical (unpaired) electrons. The van der Waals surface area contributed by atoms with Crippen LogP contribution < -0.4 is 10.6 Å². The first-order chi connectivity index (χ1) is 9.20. The van der Waals surface area contributed by atoms with Crippen LogP contribution in [0.15, 0.2) is 0 Å².